The summed E-state index contributed by atoms with van der Waals surface area (Å²) >= 11 is 0. The van der Waals surface area contributed by atoms with Gasteiger partial charge >= 0.3 is 0 Å². The third kappa shape index (κ3) is 2.31. The predicted molar refractivity (Wildman–Crippen MR) is 73.8 cm³/mol. The fourth-order valence-corrected chi connectivity index (χ4v) is 2.77. The number of rotatable bonds is 4. The zero-order valence-electron chi connectivity index (χ0n) is 11.7. The molecule has 0 unspecified atom stereocenters. The van der Waals surface area contributed by atoms with Gasteiger partial charge in [0.25, 0.3) is 11.8 Å². The van der Waals surface area contributed by atoms with Gasteiger partial charge < -0.3 is 9.64 Å². The summed E-state index contributed by atoms with van der Waals surface area (Å²) in [5.41, 5.74) is 0.870. The molecule has 21 heavy (non-hydrogen) atoms. The Hall–Kier alpha value is -2.21. The molecule has 2 heterocycles. The summed E-state index contributed by atoms with van der Waals surface area (Å²) in [6.07, 6.45) is 0.262. The van der Waals surface area contributed by atoms with E-state index in [-0.39, 0.29) is 30.4 Å². The Morgan fingerprint density at radius 3 is 2.24 bits per heavy atom. The van der Waals surface area contributed by atoms with Crippen LogP contribution in [0, 0.1) is 0 Å². The van der Waals surface area contributed by atoms with Gasteiger partial charge in [0.15, 0.2) is 0 Å². The molecular weight excluding hydrogens is 272 g/mol. The molecule has 0 radical (unpaired) electrons. The number of methoxy groups -OCH3 is 1. The first-order chi connectivity index (χ1) is 10.1. The molecule has 3 amide bonds. The smallest absolute Gasteiger partial charge is 0.261 e. The summed E-state index contributed by atoms with van der Waals surface area (Å²) in [5.74, 6) is -0.575. The molecule has 0 spiro atoms. The van der Waals surface area contributed by atoms with E-state index >= 15 is 0 Å². The van der Waals surface area contributed by atoms with Crippen molar-refractivity contribution in [1.29, 1.82) is 0 Å². The Bertz CT molecular complexity index is 578. The molecule has 6 heteroatoms. The van der Waals surface area contributed by atoms with Crippen LogP contribution in [-0.2, 0) is 9.53 Å². The first-order valence-electron chi connectivity index (χ1n) is 6.87. The normalized spacial score (nSPS) is 21.4. The Labute approximate surface area is 122 Å². The van der Waals surface area contributed by atoms with Crippen molar-refractivity contribution in [3.63, 3.8) is 0 Å². The Morgan fingerprint density at radius 1 is 1.10 bits per heavy atom. The van der Waals surface area contributed by atoms with E-state index in [2.05, 4.69) is 0 Å². The van der Waals surface area contributed by atoms with Crippen LogP contribution in [0.25, 0.3) is 0 Å². The maximum Gasteiger partial charge on any atom is 0.261 e. The van der Waals surface area contributed by atoms with Crippen LogP contribution in [0.15, 0.2) is 24.3 Å². The van der Waals surface area contributed by atoms with E-state index in [1.54, 1.807) is 36.3 Å². The summed E-state index contributed by atoms with van der Waals surface area (Å²) in [6, 6.07) is 6.77. The Balaban J connectivity index is 1.66. The SMILES string of the molecule is CO[C@@H]1CC(=O)N(CCN2C(=O)c3ccccc3C2=O)C1. The molecule has 1 atom stereocenters. The summed E-state index contributed by atoms with van der Waals surface area (Å²) < 4.78 is 5.17. The molecule has 3 rings (SSSR count). The Kier molecular flexibility index (Phi) is 3.47. The van der Waals surface area contributed by atoms with Crippen molar-refractivity contribution in [1.82, 2.24) is 9.80 Å². The molecule has 110 valence electrons. The number of carbonyl (C=O) groups excluding carboxylic acids is 3. The fraction of sp³-hybridized carbons (Fsp3) is 0.400. The van der Waals surface area contributed by atoms with Crippen LogP contribution in [0.2, 0.25) is 0 Å². The average Bonchev–Trinajstić information content (AvgIpc) is 2.97. The summed E-state index contributed by atoms with van der Waals surface area (Å²) in [5, 5.41) is 0. The number of hydrogen-bond donors (Lipinski definition) is 0. The van der Waals surface area contributed by atoms with Crippen molar-refractivity contribution in [2.75, 3.05) is 26.7 Å². The van der Waals surface area contributed by atoms with E-state index in [4.69, 9.17) is 4.74 Å². The Morgan fingerprint density at radius 2 is 1.71 bits per heavy atom. The van der Waals surface area contributed by atoms with E-state index in [0.29, 0.717) is 30.6 Å². The zero-order valence-corrected chi connectivity index (χ0v) is 11.7. The van der Waals surface area contributed by atoms with E-state index in [0.717, 1.165) is 0 Å². The van der Waals surface area contributed by atoms with Gasteiger partial charge in [0, 0.05) is 26.7 Å². The second-order valence-corrected chi connectivity index (χ2v) is 5.21. The van der Waals surface area contributed by atoms with E-state index in [9.17, 15) is 14.4 Å². The molecular formula is C15H16N2O4. The van der Waals surface area contributed by atoms with Gasteiger partial charge in [-0.1, -0.05) is 12.1 Å². The lowest BCUT2D eigenvalue weighted by atomic mass is 10.1. The second-order valence-electron chi connectivity index (χ2n) is 5.21. The maximum atomic E-state index is 12.2. The molecule has 6 nitrogen and oxygen atoms in total. The average molecular weight is 288 g/mol. The lowest BCUT2D eigenvalue weighted by Gasteiger charge is -2.20. The van der Waals surface area contributed by atoms with Gasteiger partial charge in [0.05, 0.1) is 23.7 Å². The van der Waals surface area contributed by atoms with Crippen molar-refractivity contribution in [2.24, 2.45) is 0 Å². The highest BCUT2D eigenvalue weighted by Gasteiger charge is 2.36. The van der Waals surface area contributed by atoms with Crippen molar-refractivity contribution in [3.05, 3.63) is 35.4 Å². The lowest BCUT2D eigenvalue weighted by Crippen LogP contribution is -2.39. The minimum atomic E-state index is -0.287. The molecule has 0 bridgehead atoms. The molecule has 0 N–H and O–H groups in total. The number of hydrogen-bond acceptors (Lipinski definition) is 4. The highest BCUT2D eigenvalue weighted by atomic mass is 16.5. The second kappa shape index (κ2) is 5.29. The van der Waals surface area contributed by atoms with Gasteiger partial charge in [0.1, 0.15) is 0 Å². The van der Waals surface area contributed by atoms with Gasteiger partial charge in [-0.05, 0) is 12.1 Å². The number of nitrogens with zero attached hydrogens (tertiary/aromatic N) is 2. The van der Waals surface area contributed by atoms with Crippen LogP contribution in [0.5, 0.6) is 0 Å². The van der Waals surface area contributed by atoms with Gasteiger partial charge in [0.2, 0.25) is 5.91 Å². The molecule has 0 aliphatic carbocycles. The first kappa shape index (κ1) is 13.8. The summed E-state index contributed by atoms with van der Waals surface area (Å²) in [6.45, 7) is 1.08. The number of likely N-dealkylation sites (tertiary alicyclic amines) is 1. The quantitative estimate of drug-likeness (QED) is 0.758. The van der Waals surface area contributed by atoms with Crippen molar-refractivity contribution >= 4 is 17.7 Å². The molecule has 0 saturated carbocycles. The summed E-state index contributed by atoms with van der Waals surface area (Å²) in [4.78, 5) is 39.0. The number of benzene rings is 1. The molecule has 2 aliphatic rings. The topological polar surface area (TPSA) is 66.9 Å². The number of ether oxygens (including phenoxy) is 1. The number of imide groups is 1. The van der Waals surface area contributed by atoms with Gasteiger partial charge in [-0.15, -0.1) is 0 Å². The van der Waals surface area contributed by atoms with Gasteiger partial charge in [-0.25, -0.2) is 0 Å². The molecule has 0 aromatic heterocycles. The van der Waals surface area contributed by atoms with Crippen LogP contribution in [0.1, 0.15) is 27.1 Å². The van der Waals surface area contributed by atoms with E-state index < -0.39 is 0 Å². The van der Waals surface area contributed by atoms with Gasteiger partial charge in [-0.3, -0.25) is 19.3 Å². The highest BCUT2D eigenvalue weighted by Crippen LogP contribution is 2.22. The zero-order chi connectivity index (χ0) is 15.0. The number of amides is 3. The molecule has 1 fully saturated rings. The lowest BCUT2D eigenvalue weighted by molar-refractivity contribution is -0.127. The standard InChI is InChI=1S/C15H16N2O4/c1-21-10-8-13(18)16(9-10)6-7-17-14(19)11-4-2-3-5-12(11)15(17)20/h2-5,10H,6-9H2,1H3/t10-/m1/s1. The minimum absolute atomic E-state index is 0.00143. The van der Waals surface area contributed by atoms with Crippen LogP contribution in [0.3, 0.4) is 0 Å². The predicted octanol–water partition coefficient (Wildman–Crippen LogP) is 0.530. The minimum Gasteiger partial charge on any atom is -0.379 e. The molecule has 2 aliphatic heterocycles. The summed E-state index contributed by atoms with van der Waals surface area (Å²) in [7, 11) is 1.58. The van der Waals surface area contributed by atoms with E-state index in [1.807, 2.05) is 0 Å². The van der Waals surface area contributed by atoms with Crippen molar-refractivity contribution in [2.45, 2.75) is 12.5 Å². The van der Waals surface area contributed by atoms with Crippen molar-refractivity contribution in [3.8, 4) is 0 Å². The molecule has 1 aromatic rings. The van der Waals surface area contributed by atoms with Gasteiger partial charge in [-0.2, -0.15) is 0 Å². The first-order valence-corrected chi connectivity index (χ1v) is 6.87. The van der Waals surface area contributed by atoms with Crippen LogP contribution >= 0.6 is 0 Å². The van der Waals surface area contributed by atoms with Crippen LogP contribution in [-0.4, -0.2) is 60.4 Å². The van der Waals surface area contributed by atoms with Crippen molar-refractivity contribution < 1.29 is 19.1 Å². The van der Waals surface area contributed by atoms with E-state index in [1.165, 1.54) is 4.90 Å². The van der Waals surface area contributed by atoms with Crippen LogP contribution < -0.4 is 0 Å². The fourth-order valence-electron chi connectivity index (χ4n) is 2.77. The van der Waals surface area contributed by atoms with Crippen LogP contribution in [0.4, 0.5) is 0 Å². The number of fused-ring (bicyclic) bond motifs is 1. The largest absolute Gasteiger partial charge is 0.379 e. The monoisotopic (exact) mass is 288 g/mol. The molecule has 1 aromatic carbocycles. The molecule has 1 saturated heterocycles. The third-order valence-electron chi connectivity index (χ3n) is 3.98. The highest BCUT2D eigenvalue weighted by molar-refractivity contribution is 6.21. The maximum absolute atomic E-state index is 12.2. The number of carbonyl (C=O) groups is 3. The third-order valence-corrected chi connectivity index (χ3v) is 3.98.